The number of aromatic nitrogens is 4. The first kappa shape index (κ1) is 20.1. The zero-order valence-electron chi connectivity index (χ0n) is 15.2. The highest BCUT2D eigenvalue weighted by Gasteiger charge is 2.39. The molecule has 28 heavy (non-hydrogen) atoms. The zero-order chi connectivity index (χ0) is 20.5. The number of Topliss-reactive ketones (excluding diaryl/α,β-unsaturated/α-hetero) is 1. The van der Waals surface area contributed by atoms with Gasteiger partial charge in [0, 0.05) is 6.42 Å². The first-order valence-electron chi connectivity index (χ1n) is 8.49. The molecule has 152 valence electrons. The van der Waals surface area contributed by atoms with E-state index >= 15 is 0 Å². The van der Waals surface area contributed by atoms with Gasteiger partial charge in [-0.2, -0.15) is 4.98 Å². The number of imidazole rings is 1. The lowest BCUT2D eigenvalue weighted by Gasteiger charge is -2.17. The highest BCUT2D eigenvalue weighted by atomic mass is 31.2. The third-order valence-electron chi connectivity index (χ3n) is 3.98. The van der Waals surface area contributed by atoms with Crippen LogP contribution in [0.25, 0.3) is 11.2 Å². The molecule has 0 aliphatic heterocycles. The summed E-state index contributed by atoms with van der Waals surface area (Å²) in [6.45, 7) is 3.54. The van der Waals surface area contributed by atoms with Crippen LogP contribution >= 0.6 is 7.60 Å². The van der Waals surface area contributed by atoms with E-state index in [9.17, 15) is 19.3 Å². The van der Waals surface area contributed by atoms with Crippen molar-refractivity contribution in [3.05, 3.63) is 28.2 Å². The maximum atomic E-state index is 12.8. The second-order valence-electron chi connectivity index (χ2n) is 5.86. The van der Waals surface area contributed by atoms with Crippen LogP contribution in [0.5, 0.6) is 0 Å². The average Bonchev–Trinajstić information content (AvgIpc) is 3.15. The number of aliphatic hydroxyl groups excluding tert-OH is 1. The van der Waals surface area contributed by atoms with E-state index < -0.39 is 31.3 Å². The Bertz CT molecular complexity index is 1030. The van der Waals surface area contributed by atoms with Crippen LogP contribution < -0.4 is 11.3 Å². The van der Waals surface area contributed by atoms with Gasteiger partial charge < -0.3 is 29.2 Å². The van der Waals surface area contributed by atoms with E-state index in [0.29, 0.717) is 0 Å². The van der Waals surface area contributed by atoms with Crippen LogP contribution in [0.4, 0.5) is 5.95 Å². The molecule has 0 unspecified atom stereocenters. The van der Waals surface area contributed by atoms with Crippen molar-refractivity contribution in [3.63, 3.8) is 0 Å². The van der Waals surface area contributed by atoms with Gasteiger partial charge in [0.1, 0.15) is 11.8 Å². The Morgan fingerprint density at radius 3 is 2.68 bits per heavy atom. The van der Waals surface area contributed by atoms with E-state index in [-0.39, 0.29) is 48.3 Å². The predicted molar refractivity (Wildman–Crippen MR) is 97.7 cm³/mol. The van der Waals surface area contributed by atoms with Crippen LogP contribution in [0.2, 0.25) is 0 Å². The van der Waals surface area contributed by atoms with E-state index in [4.69, 9.17) is 19.5 Å². The summed E-state index contributed by atoms with van der Waals surface area (Å²) in [5.41, 5.74) is 5.12. The highest BCUT2D eigenvalue weighted by Crippen LogP contribution is 2.49. The van der Waals surface area contributed by atoms with Crippen molar-refractivity contribution in [2.75, 3.05) is 25.3 Å². The molecule has 0 bridgehead atoms. The second kappa shape index (κ2) is 7.74. The third kappa shape index (κ3) is 3.66. The molecular formula is C15H20N5O7P. The highest BCUT2D eigenvalue weighted by molar-refractivity contribution is 7.53. The van der Waals surface area contributed by atoms with Crippen LogP contribution in [0.3, 0.4) is 0 Å². The minimum Gasteiger partial charge on any atom is -0.508 e. The summed E-state index contributed by atoms with van der Waals surface area (Å²) in [6.07, 6.45) is 0.625. The Balaban J connectivity index is 1.84. The number of ether oxygens (including phenoxy) is 1. The molecule has 0 fully saturated rings. The largest absolute Gasteiger partial charge is 0.508 e. The van der Waals surface area contributed by atoms with Gasteiger partial charge in [-0.15, -0.1) is 0 Å². The number of rotatable bonds is 8. The molecule has 0 saturated carbocycles. The number of fused-ring (bicyclic) bond motifs is 1. The Labute approximate surface area is 158 Å². The summed E-state index contributed by atoms with van der Waals surface area (Å²) in [5, 5.41) is 10.2. The first-order chi connectivity index (χ1) is 13.3. The summed E-state index contributed by atoms with van der Waals surface area (Å²) >= 11 is 0. The quantitative estimate of drug-likeness (QED) is 0.534. The summed E-state index contributed by atoms with van der Waals surface area (Å²) in [5.74, 6) is -1.39. The van der Waals surface area contributed by atoms with E-state index in [1.807, 2.05) is 0 Å². The molecule has 0 aromatic carbocycles. The topological polar surface area (TPSA) is 172 Å². The maximum absolute atomic E-state index is 12.8. The number of carbonyl (C=O) groups excluding carboxylic acids is 1. The number of carbonyl (C=O) groups is 1. The number of aromatic amines is 1. The number of ketones is 1. The lowest BCUT2D eigenvalue weighted by Crippen LogP contribution is -2.19. The lowest BCUT2D eigenvalue weighted by molar-refractivity contribution is -0.120. The van der Waals surface area contributed by atoms with Crippen LogP contribution in [0.1, 0.15) is 26.3 Å². The molecule has 12 nitrogen and oxygen atoms in total. The number of anilines is 1. The molecule has 1 aliphatic carbocycles. The Hall–Kier alpha value is -2.69. The molecule has 2 aromatic heterocycles. The van der Waals surface area contributed by atoms with E-state index in [0.717, 1.165) is 0 Å². The lowest BCUT2D eigenvalue weighted by atomic mass is 10.2. The molecule has 13 heteroatoms. The molecule has 0 radical (unpaired) electrons. The number of hydrogen-bond acceptors (Lipinski definition) is 10. The number of aliphatic hydroxyl groups is 1. The molecule has 3 rings (SSSR count). The van der Waals surface area contributed by atoms with Crippen molar-refractivity contribution in [1.82, 2.24) is 19.5 Å². The smallest absolute Gasteiger partial charge is 0.367 e. The number of hydrogen-bond donors (Lipinski definition) is 3. The Morgan fingerprint density at radius 1 is 1.36 bits per heavy atom. The van der Waals surface area contributed by atoms with Gasteiger partial charge >= 0.3 is 7.60 Å². The fraction of sp³-hybridized carbons (Fsp3) is 0.467. The van der Waals surface area contributed by atoms with Gasteiger partial charge in [-0.05, 0) is 13.8 Å². The Kier molecular flexibility index (Phi) is 5.54. The van der Waals surface area contributed by atoms with Gasteiger partial charge in [-0.1, -0.05) is 0 Å². The van der Waals surface area contributed by atoms with Crippen LogP contribution in [-0.2, 0) is 23.1 Å². The molecular weight excluding hydrogens is 393 g/mol. The molecule has 1 atom stereocenters. The predicted octanol–water partition coefficient (Wildman–Crippen LogP) is 1.23. The molecule has 4 N–H and O–H groups in total. The van der Waals surface area contributed by atoms with Gasteiger partial charge in [-0.25, -0.2) is 4.98 Å². The Morgan fingerprint density at radius 2 is 2.04 bits per heavy atom. The average molecular weight is 413 g/mol. The summed E-state index contributed by atoms with van der Waals surface area (Å²) < 4.78 is 29.3. The van der Waals surface area contributed by atoms with E-state index in [1.54, 1.807) is 13.8 Å². The van der Waals surface area contributed by atoms with E-state index in [1.165, 1.54) is 10.9 Å². The standard InChI is InChI=1S/C15H20N5O7P/c1-3-26-28(24,27-4-2)7-25-12-9(21)5-8(11(12)22)20-6-17-10-13(20)18-15(16)19-14(10)23/h6,8,21H,3-5,7H2,1-2H3,(H3,16,18,19,23)/t8-/m0/s1. The summed E-state index contributed by atoms with van der Waals surface area (Å²) in [4.78, 5) is 34.9. The van der Waals surface area contributed by atoms with Crippen molar-refractivity contribution in [1.29, 1.82) is 0 Å². The third-order valence-corrected chi connectivity index (χ3v) is 5.73. The van der Waals surface area contributed by atoms with Crippen molar-refractivity contribution in [2.24, 2.45) is 0 Å². The van der Waals surface area contributed by atoms with Crippen molar-refractivity contribution in [3.8, 4) is 0 Å². The monoisotopic (exact) mass is 413 g/mol. The van der Waals surface area contributed by atoms with Gasteiger partial charge in [0.25, 0.3) is 5.56 Å². The SMILES string of the molecule is CCOP(=O)(COC1=C(O)C[C@H](n2cnc3c(=O)[nH]c(N)nc32)C1=O)OCC. The van der Waals surface area contributed by atoms with Crippen molar-refractivity contribution >= 4 is 30.5 Å². The minimum atomic E-state index is -3.57. The molecule has 0 saturated heterocycles. The fourth-order valence-electron chi connectivity index (χ4n) is 2.86. The van der Waals surface area contributed by atoms with Crippen LogP contribution in [0, 0.1) is 0 Å². The second-order valence-corrected chi connectivity index (χ2v) is 7.85. The van der Waals surface area contributed by atoms with Crippen LogP contribution in [0.15, 0.2) is 22.6 Å². The normalized spacial score (nSPS) is 17.6. The zero-order valence-corrected chi connectivity index (χ0v) is 16.1. The molecule has 0 amide bonds. The van der Waals surface area contributed by atoms with Gasteiger partial charge in [-0.3, -0.25) is 19.1 Å². The first-order valence-corrected chi connectivity index (χ1v) is 10.2. The maximum Gasteiger partial charge on any atom is 0.367 e. The minimum absolute atomic E-state index is 0.00745. The van der Waals surface area contributed by atoms with Crippen LogP contribution in [-0.4, -0.2) is 50.0 Å². The van der Waals surface area contributed by atoms with Crippen molar-refractivity contribution < 1.29 is 28.3 Å². The van der Waals surface area contributed by atoms with Gasteiger partial charge in [0.05, 0.1) is 19.5 Å². The number of H-pyrrole nitrogens is 1. The molecule has 2 aromatic rings. The van der Waals surface area contributed by atoms with E-state index in [2.05, 4.69) is 15.0 Å². The fourth-order valence-corrected chi connectivity index (χ4v) is 4.16. The molecule has 0 spiro atoms. The molecule has 2 heterocycles. The number of nitrogens with two attached hydrogens (primary N) is 1. The van der Waals surface area contributed by atoms with Crippen molar-refractivity contribution in [2.45, 2.75) is 26.3 Å². The summed E-state index contributed by atoms with van der Waals surface area (Å²) in [6, 6.07) is -0.938. The number of nitrogens with one attached hydrogen (secondary N) is 1. The number of allylic oxidation sites excluding steroid dienone is 2. The van der Waals surface area contributed by atoms with Gasteiger partial charge in [0.15, 0.2) is 17.5 Å². The van der Waals surface area contributed by atoms with Gasteiger partial charge in [0.2, 0.25) is 17.5 Å². The number of nitrogens with zero attached hydrogens (tertiary/aromatic N) is 3. The molecule has 1 aliphatic rings. The summed E-state index contributed by atoms with van der Waals surface area (Å²) in [7, 11) is -3.57. The number of nitrogen functional groups attached to an aromatic ring is 1.